The average Bonchev–Trinajstić information content (AvgIpc) is 3.02. The molecule has 1 aliphatic heterocycles. The first-order valence-corrected chi connectivity index (χ1v) is 10.9. The van der Waals surface area contributed by atoms with Gasteiger partial charge in [-0.15, -0.1) is 11.3 Å². The van der Waals surface area contributed by atoms with E-state index in [9.17, 15) is 5.11 Å². The second-order valence-corrected chi connectivity index (χ2v) is 8.74. The van der Waals surface area contributed by atoms with Crippen LogP contribution in [0.25, 0.3) is 0 Å². The molecule has 1 unspecified atom stereocenters. The molecule has 5 nitrogen and oxygen atoms in total. The van der Waals surface area contributed by atoms with Gasteiger partial charge in [0.15, 0.2) is 0 Å². The molecule has 4 rings (SSSR count). The van der Waals surface area contributed by atoms with Gasteiger partial charge < -0.3 is 9.84 Å². The van der Waals surface area contributed by atoms with E-state index >= 15 is 0 Å². The normalized spacial score (nSPS) is 20.3. The molecule has 1 N–H and O–H groups in total. The number of para-hydroxylation sites is 1. The first-order valence-electron chi connectivity index (χ1n) is 10.1. The Morgan fingerprint density at radius 3 is 2.79 bits per heavy atom. The Hall–Kier alpha value is -2.28. The SMILES string of the molecule is Cc1nc(C2(O)CCCN(Cc3cccnc3)CC2)sc1COc1ccccc1. The molecule has 1 atom stereocenters. The maximum atomic E-state index is 11.4. The van der Waals surface area contributed by atoms with E-state index < -0.39 is 5.60 Å². The van der Waals surface area contributed by atoms with Crippen LogP contribution in [0.1, 0.15) is 40.4 Å². The highest BCUT2D eigenvalue weighted by molar-refractivity contribution is 7.11. The van der Waals surface area contributed by atoms with Crippen molar-refractivity contribution < 1.29 is 9.84 Å². The highest BCUT2D eigenvalue weighted by atomic mass is 32.1. The van der Waals surface area contributed by atoms with Crippen molar-refractivity contribution >= 4 is 11.3 Å². The Balaban J connectivity index is 1.41. The second kappa shape index (κ2) is 9.03. The predicted molar refractivity (Wildman–Crippen MR) is 115 cm³/mol. The molecule has 0 aliphatic carbocycles. The van der Waals surface area contributed by atoms with Crippen molar-refractivity contribution in [1.29, 1.82) is 0 Å². The fourth-order valence-corrected chi connectivity index (χ4v) is 4.84. The van der Waals surface area contributed by atoms with Gasteiger partial charge in [0.1, 0.15) is 23.0 Å². The monoisotopic (exact) mass is 409 g/mol. The lowest BCUT2D eigenvalue weighted by atomic mass is 9.96. The van der Waals surface area contributed by atoms with Crippen LogP contribution >= 0.6 is 11.3 Å². The summed E-state index contributed by atoms with van der Waals surface area (Å²) in [5, 5.41) is 12.2. The van der Waals surface area contributed by atoms with Crippen LogP contribution < -0.4 is 4.74 Å². The molecule has 0 spiro atoms. The second-order valence-electron chi connectivity index (χ2n) is 7.65. The van der Waals surface area contributed by atoms with E-state index in [1.54, 1.807) is 17.5 Å². The molecular weight excluding hydrogens is 382 g/mol. The largest absolute Gasteiger partial charge is 0.488 e. The number of aryl methyl sites for hydroxylation is 1. The van der Waals surface area contributed by atoms with Crippen LogP contribution in [0, 0.1) is 6.92 Å². The van der Waals surface area contributed by atoms with Crippen LogP contribution in [0.5, 0.6) is 5.75 Å². The van der Waals surface area contributed by atoms with E-state index in [1.165, 1.54) is 5.56 Å². The maximum absolute atomic E-state index is 11.4. The Bertz CT molecular complexity index is 916. The average molecular weight is 410 g/mol. The molecule has 0 bridgehead atoms. The fourth-order valence-electron chi connectivity index (χ4n) is 3.72. The third kappa shape index (κ3) is 5.01. The van der Waals surface area contributed by atoms with Gasteiger partial charge in [-0.2, -0.15) is 0 Å². The zero-order valence-electron chi connectivity index (χ0n) is 16.8. The van der Waals surface area contributed by atoms with Gasteiger partial charge in [0.2, 0.25) is 0 Å². The molecule has 0 saturated carbocycles. The zero-order valence-corrected chi connectivity index (χ0v) is 17.6. The Morgan fingerprint density at radius 1 is 1.14 bits per heavy atom. The van der Waals surface area contributed by atoms with Crippen LogP contribution in [0.4, 0.5) is 0 Å². The van der Waals surface area contributed by atoms with Crippen molar-refractivity contribution in [3.63, 3.8) is 0 Å². The van der Waals surface area contributed by atoms with Crippen LogP contribution in [-0.2, 0) is 18.8 Å². The Morgan fingerprint density at radius 2 is 2.00 bits per heavy atom. The first-order chi connectivity index (χ1) is 14.1. The number of pyridine rings is 1. The molecule has 1 fully saturated rings. The van der Waals surface area contributed by atoms with Crippen molar-refractivity contribution in [2.24, 2.45) is 0 Å². The van der Waals surface area contributed by atoms with Gasteiger partial charge in [0.05, 0.1) is 10.6 Å². The van der Waals surface area contributed by atoms with Crippen molar-refractivity contribution in [3.05, 3.63) is 76.0 Å². The third-order valence-corrected chi connectivity index (χ3v) is 6.76. The Kier molecular flexibility index (Phi) is 6.23. The van der Waals surface area contributed by atoms with Crippen LogP contribution in [0.3, 0.4) is 0 Å². The maximum Gasteiger partial charge on any atom is 0.125 e. The molecule has 0 radical (unpaired) electrons. The summed E-state index contributed by atoms with van der Waals surface area (Å²) >= 11 is 1.58. The molecule has 1 aromatic carbocycles. The van der Waals surface area contributed by atoms with E-state index in [-0.39, 0.29) is 0 Å². The summed E-state index contributed by atoms with van der Waals surface area (Å²) in [7, 11) is 0. The molecule has 29 heavy (non-hydrogen) atoms. The molecule has 2 aromatic heterocycles. The molecule has 1 saturated heterocycles. The fraction of sp³-hybridized carbons (Fsp3) is 0.391. The number of ether oxygens (including phenoxy) is 1. The Labute approximate surface area is 176 Å². The number of hydrogen-bond acceptors (Lipinski definition) is 6. The number of aliphatic hydroxyl groups is 1. The molecule has 6 heteroatoms. The van der Waals surface area contributed by atoms with E-state index in [2.05, 4.69) is 16.0 Å². The van der Waals surface area contributed by atoms with Crippen molar-refractivity contribution in [2.75, 3.05) is 13.1 Å². The number of nitrogens with zero attached hydrogens (tertiary/aromatic N) is 3. The minimum Gasteiger partial charge on any atom is -0.488 e. The van der Waals surface area contributed by atoms with E-state index in [0.29, 0.717) is 13.0 Å². The summed E-state index contributed by atoms with van der Waals surface area (Å²) in [6, 6.07) is 13.9. The first kappa shape index (κ1) is 20.0. The number of aromatic nitrogens is 2. The minimum atomic E-state index is -0.857. The number of benzene rings is 1. The molecule has 1 aliphatic rings. The van der Waals surface area contributed by atoms with E-state index in [0.717, 1.165) is 53.8 Å². The van der Waals surface area contributed by atoms with E-state index in [4.69, 9.17) is 9.72 Å². The predicted octanol–water partition coefficient (Wildman–Crippen LogP) is 4.30. The van der Waals surface area contributed by atoms with Gasteiger partial charge in [-0.05, 0) is 56.5 Å². The number of thiazole rings is 1. The van der Waals surface area contributed by atoms with Crippen LogP contribution in [-0.4, -0.2) is 33.1 Å². The zero-order chi connectivity index (χ0) is 20.1. The van der Waals surface area contributed by atoms with Gasteiger partial charge in [-0.3, -0.25) is 9.88 Å². The summed E-state index contributed by atoms with van der Waals surface area (Å²) in [5.74, 6) is 0.848. The highest BCUT2D eigenvalue weighted by Gasteiger charge is 2.35. The topological polar surface area (TPSA) is 58.5 Å². The van der Waals surface area contributed by atoms with Crippen LogP contribution in [0.2, 0.25) is 0 Å². The summed E-state index contributed by atoms with van der Waals surface area (Å²) in [6.45, 7) is 5.18. The molecule has 0 amide bonds. The summed E-state index contributed by atoms with van der Waals surface area (Å²) in [6.07, 6.45) is 6.10. The van der Waals surface area contributed by atoms with Crippen molar-refractivity contribution in [1.82, 2.24) is 14.9 Å². The molecule has 3 heterocycles. The molecule has 3 aromatic rings. The molecule has 152 valence electrons. The van der Waals surface area contributed by atoms with Crippen LogP contribution in [0.15, 0.2) is 54.9 Å². The van der Waals surface area contributed by atoms with Crippen molar-refractivity contribution in [2.45, 2.75) is 44.9 Å². The lowest BCUT2D eigenvalue weighted by Crippen LogP contribution is -2.29. The van der Waals surface area contributed by atoms with Gasteiger partial charge in [-0.25, -0.2) is 4.98 Å². The summed E-state index contributed by atoms with van der Waals surface area (Å²) in [5.41, 5.74) is 1.30. The van der Waals surface area contributed by atoms with Gasteiger partial charge >= 0.3 is 0 Å². The number of likely N-dealkylation sites (tertiary alicyclic amines) is 1. The number of rotatable bonds is 6. The van der Waals surface area contributed by atoms with E-state index in [1.807, 2.05) is 49.5 Å². The summed E-state index contributed by atoms with van der Waals surface area (Å²) in [4.78, 5) is 12.4. The lowest BCUT2D eigenvalue weighted by Gasteiger charge is -2.24. The smallest absolute Gasteiger partial charge is 0.125 e. The summed E-state index contributed by atoms with van der Waals surface area (Å²) < 4.78 is 5.89. The minimum absolute atomic E-state index is 0.483. The highest BCUT2D eigenvalue weighted by Crippen LogP contribution is 2.37. The quantitative estimate of drug-likeness (QED) is 0.658. The van der Waals surface area contributed by atoms with Gasteiger partial charge in [0.25, 0.3) is 0 Å². The van der Waals surface area contributed by atoms with Gasteiger partial charge in [-0.1, -0.05) is 24.3 Å². The van der Waals surface area contributed by atoms with Crippen molar-refractivity contribution in [3.8, 4) is 5.75 Å². The lowest BCUT2D eigenvalue weighted by molar-refractivity contribution is 0.0207. The standard InChI is InChI=1S/C23H27N3O2S/c1-18-21(17-28-20-8-3-2-4-9-20)29-22(25-18)23(27)10-6-13-26(14-11-23)16-19-7-5-12-24-15-19/h2-5,7-9,12,15,27H,6,10-11,13-14,16-17H2,1H3. The third-order valence-electron chi connectivity index (χ3n) is 5.44. The molecular formula is C23H27N3O2S. The number of hydrogen-bond donors (Lipinski definition) is 1. The van der Waals surface area contributed by atoms with Gasteiger partial charge in [0, 0.05) is 25.5 Å².